The Hall–Kier alpha value is 0.130. The SMILES string of the molecule is CC(C)CC(N)C(=O)NCC1CSCCS1. The topological polar surface area (TPSA) is 55.1 Å². The van der Waals surface area contributed by atoms with Crippen LogP contribution < -0.4 is 11.1 Å². The van der Waals surface area contributed by atoms with Gasteiger partial charge in [0.15, 0.2) is 0 Å². The lowest BCUT2D eigenvalue weighted by Crippen LogP contribution is -2.44. The quantitative estimate of drug-likeness (QED) is 0.785. The molecule has 0 aromatic carbocycles. The number of rotatable bonds is 5. The van der Waals surface area contributed by atoms with E-state index in [-0.39, 0.29) is 11.9 Å². The zero-order valence-electron chi connectivity index (χ0n) is 10.1. The number of thioether (sulfide) groups is 2. The van der Waals surface area contributed by atoms with E-state index in [4.69, 9.17) is 5.73 Å². The van der Waals surface area contributed by atoms with Gasteiger partial charge >= 0.3 is 0 Å². The minimum absolute atomic E-state index is 0.00451. The molecule has 1 aliphatic rings. The molecule has 3 nitrogen and oxygen atoms in total. The van der Waals surface area contributed by atoms with Gasteiger partial charge < -0.3 is 11.1 Å². The normalized spacial score (nSPS) is 23.1. The second-order valence-corrected chi connectivity index (χ2v) is 7.11. The highest BCUT2D eigenvalue weighted by Crippen LogP contribution is 2.23. The first-order chi connectivity index (χ1) is 7.59. The predicted octanol–water partition coefficient (Wildman–Crippen LogP) is 1.32. The molecule has 0 bridgehead atoms. The predicted molar refractivity (Wildman–Crippen MR) is 74.0 cm³/mol. The van der Waals surface area contributed by atoms with Crippen molar-refractivity contribution in [2.45, 2.75) is 31.6 Å². The standard InChI is InChI=1S/C11H22N2OS2/c1-8(2)5-10(12)11(14)13-6-9-7-15-3-4-16-9/h8-10H,3-7,12H2,1-2H3,(H,13,14). The van der Waals surface area contributed by atoms with Gasteiger partial charge in [-0.05, 0) is 12.3 Å². The van der Waals surface area contributed by atoms with Crippen LogP contribution in [0, 0.1) is 5.92 Å². The van der Waals surface area contributed by atoms with E-state index in [1.54, 1.807) is 0 Å². The van der Waals surface area contributed by atoms with Crippen LogP contribution in [0.1, 0.15) is 20.3 Å². The third-order valence-electron chi connectivity index (χ3n) is 2.45. The number of hydrogen-bond acceptors (Lipinski definition) is 4. The van der Waals surface area contributed by atoms with Crippen molar-refractivity contribution in [1.29, 1.82) is 0 Å². The molecule has 16 heavy (non-hydrogen) atoms. The van der Waals surface area contributed by atoms with Gasteiger partial charge in [-0.3, -0.25) is 4.79 Å². The van der Waals surface area contributed by atoms with Crippen LogP contribution in [0.2, 0.25) is 0 Å². The summed E-state index contributed by atoms with van der Waals surface area (Å²) in [7, 11) is 0. The second kappa shape index (κ2) is 7.45. The highest BCUT2D eigenvalue weighted by Gasteiger charge is 2.18. The van der Waals surface area contributed by atoms with Crippen molar-refractivity contribution in [2.24, 2.45) is 11.7 Å². The summed E-state index contributed by atoms with van der Waals surface area (Å²) in [6.07, 6.45) is 0.762. The van der Waals surface area contributed by atoms with E-state index < -0.39 is 0 Å². The van der Waals surface area contributed by atoms with Crippen molar-refractivity contribution in [3.8, 4) is 0 Å². The lowest BCUT2D eigenvalue weighted by Gasteiger charge is -2.22. The number of nitrogens with two attached hydrogens (primary N) is 1. The molecule has 2 atom stereocenters. The van der Waals surface area contributed by atoms with Crippen molar-refractivity contribution >= 4 is 29.4 Å². The summed E-state index contributed by atoms with van der Waals surface area (Å²) in [5.41, 5.74) is 5.81. The zero-order chi connectivity index (χ0) is 12.0. The van der Waals surface area contributed by atoms with Gasteiger partial charge in [0.1, 0.15) is 0 Å². The summed E-state index contributed by atoms with van der Waals surface area (Å²) in [6.45, 7) is 4.93. The molecule has 1 saturated heterocycles. The van der Waals surface area contributed by atoms with Crippen molar-refractivity contribution in [1.82, 2.24) is 5.32 Å². The van der Waals surface area contributed by atoms with Gasteiger partial charge in [-0.25, -0.2) is 0 Å². The molecule has 1 rings (SSSR count). The fourth-order valence-corrected chi connectivity index (χ4v) is 4.23. The molecular formula is C11H22N2OS2. The maximum Gasteiger partial charge on any atom is 0.236 e. The van der Waals surface area contributed by atoms with Gasteiger partial charge in [-0.2, -0.15) is 23.5 Å². The Kier molecular flexibility index (Phi) is 6.61. The molecule has 3 N–H and O–H groups in total. The molecule has 0 aliphatic carbocycles. The van der Waals surface area contributed by atoms with E-state index in [9.17, 15) is 4.79 Å². The minimum atomic E-state index is -0.346. The smallest absolute Gasteiger partial charge is 0.236 e. The first-order valence-electron chi connectivity index (χ1n) is 5.82. The molecule has 94 valence electrons. The highest BCUT2D eigenvalue weighted by atomic mass is 32.2. The summed E-state index contributed by atoms with van der Waals surface area (Å²) in [5, 5.41) is 3.52. The van der Waals surface area contributed by atoms with Gasteiger partial charge in [-0.1, -0.05) is 13.8 Å². The van der Waals surface area contributed by atoms with Crippen LogP contribution in [0.4, 0.5) is 0 Å². The fraction of sp³-hybridized carbons (Fsp3) is 0.909. The number of carbonyl (C=O) groups excluding carboxylic acids is 1. The largest absolute Gasteiger partial charge is 0.354 e. The van der Waals surface area contributed by atoms with Gasteiger partial charge in [0.2, 0.25) is 5.91 Å². The van der Waals surface area contributed by atoms with Crippen LogP contribution in [-0.2, 0) is 4.79 Å². The van der Waals surface area contributed by atoms with E-state index in [0.29, 0.717) is 11.2 Å². The van der Waals surface area contributed by atoms with Gasteiger partial charge in [0, 0.05) is 29.1 Å². The lowest BCUT2D eigenvalue weighted by molar-refractivity contribution is -0.122. The Morgan fingerprint density at radius 1 is 1.50 bits per heavy atom. The average Bonchev–Trinajstić information content (AvgIpc) is 2.26. The van der Waals surface area contributed by atoms with Crippen LogP contribution in [0.25, 0.3) is 0 Å². The fourth-order valence-electron chi connectivity index (χ4n) is 1.61. The van der Waals surface area contributed by atoms with Crippen molar-refractivity contribution < 1.29 is 4.79 Å². The Bertz CT molecular complexity index is 218. The molecule has 0 saturated carbocycles. The number of nitrogens with one attached hydrogen (secondary N) is 1. The Morgan fingerprint density at radius 2 is 2.25 bits per heavy atom. The maximum absolute atomic E-state index is 11.7. The van der Waals surface area contributed by atoms with E-state index in [1.807, 2.05) is 23.5 Å². The summed E-state index contributed by atoms with van der Waals surface area (Å²) in [5.74, 6) is 4.06. The first-order valence-corrected chi connectivity index (χ1v) is 8.02. The van der Waals surface area contributed by atoms with Crippen LogP contribution in [-0.4, -0.2) is 41.0 Å². The maximum atomic E-state index is 11.7. The summed E-state index contributed by atoms with van der Waals surface area (Å²) >= 11 is 3.92. The monoisotopic (exact) mass is 262 g/mol. The number of carbonyl (C=O) groups is 1. The molecule has 0 aromatic rings. The second-order valence-electron chi connectivity index (χ2n) is 4.55. The highest BCUT2D eigenvalue weighted by molar-refractivity contribution is 8.06. The van der Waals surface area contributed by atoms with E-state index >= 15 is 0 Å². The summed E-state index contributed by atoms with van der Waals surface area (Å²) < 4.78 is 0. The molecule has 1 fully saturated rings. The van der Waals surface area contributed by atoms with Gasteiger partial charge in [-0.15, -0.1) is 0 Å². The average molecular weight is 262 g/mol. The molecule has 5 heteroatoms. The molecule has 2 unspecified atom stereocenters. The van der Waals surface area contributed by atoms with Gasteiger partial charge in [0.05, 0.1) is 6.04 Å². The first kappa shape index (κ1) is 14.2. The molecule has 0 radical (unpaired) electrons. The number of hydrogen-bond donors (Lipinski definition) is 2. The van der Waals surface area contributed by atoms with Crippen LogP contribution in [0.5, 0.6) is 0 Å². The van der Waals surface area contributed by atoms with Crippen LogP contribution in [0.15, 0.2) is 0 Å². The third-order valence-corrected chi connectivity index (χ3v) is 5.30. The molecule has 1 amide bonds. The van der Waals surface area contributed by atoms with Crippen molar-refractivity contribution in [2.75, 3.05) is 23.8 Å². The summed E-state index contributed by atoms with van der Waals surface area (Å²) in [4.78, 5) is 11.7. The van der Waals surface area contributed by atoms with E-state index in [0.717, 1.165) is 18.7 Å². The van der Waals surface area contributed by atoms with E-state index in [1.165, 1.54) is 11.5 Å². The van der Waals surface area contributed by atoms with Crippen molar-refractivity contribution in [3.05, 3.63) is 0 Å². The zero-order valence-corrected chi connectivity index (χ0v) is 11.7. The van der Waals surface area contributed by atoms with Crippen LogP contribution in [0.3, 0.4) is 0 Å². The third kappa shape index (κ3) is 5.46. The Labute approximate surface area is 107 Å². The molecule has 1 heterocycles. The minimum Gasteiger partial charge on any atom is -0.354 e. The lowest BCUT2D eigenvalue weighted by atomic mass is 10.0. The van der Waals surface area contributed by atoms with Crippen molar-refractivity contribution in [3.63, 3.8) is 0 Å². The summed E-state index contributed by atoms with van der Waals surface area (Å²) in [6, 6.07) is -0.346. The number of amides is 1. The Balaban J connectivity index is 2.17. The van der Waals surface area contributed by atoms with E-state index in [2.05, 4.69) is 19.2 Å². The molecule has 0 spiro atoms. The Morgan fingerprint density at radius 3 is 2.81 bits per heavy atom. The molecule has 1 aliphatic heterocycles. The van der Waals surface area contributed by atoms with Gasteiger partial charge in [0.25, 0.3) is 0 Å². The molecule has 0 aromatic heterocycles. The van der Waals surface area contributed by atoms with Crippen LogP contribution >= 0.6 is 23.5 Å². The molecular weight excluding hydrogens is 240 g/mol.